The summed E-state index contributed by atoms with van der Waals surface area (Å²) < 4.78 is 45.6. The van der Waals surface area contributed by atoms with Gasteiger partial charge in [-0.15, -0.1) is 0 Å². The maximum atomic E-state index is 11.5. The average Bonchev–Trinajstić information content (AvgIpc) is 2.16. The summed E-state index contributed by atoms with van der Waals surface area (Å²) in [6.45, 7) is 3.15. The molecule has 0 aromatic heterocycles. The van der Waals surface area contributed by atoms with Crippen molar-refractivity contribution in [3.8, 4) is 0 Å². The zero-order valence-electron chi connectivity index (χ0n) is 8.04. The van der Waals surface area contributed by atoms with Gasteiger partial charge in [0.15, 0.2) is 9.84 Å². The highest BCUT2D eigenvalue weighted by atomic mass is 32.2. The third kappa shape index (κ3) is 2.45. The Kier molecular flexibility index (Phi) is 3.01. The molecule has 4 nitrogen and oxygen atoms in total. The van der Waals surface area contributed by atoms with Gasteiger partial charge in [0.05, 0.1) is 9.79 Å². The Balaban J connectivity index is 3.66. The molecular weight excluding hydrogens is 236 g/mol. The second-order valence-corrected chi connectivity index (χ2v) is 6.78. The molecule has 0 unspecified atom stereocenters. The molecule has 1 rings (SSSR count). The lowest BCUT2D eigenvalue weighted by molar-refractivity contribution is 0.590. The molecule has 15 heavy (non-hydrogen) atoms. The first-order valence-electron chi connectivity index (χ1n) is 3.95. The van der Waals surface area contributed by atoms with Gasteiger partial charge in [-0.3, -0.25) is 0 Å². The van der Waals surface area contributed by atoms with Gasteiger partial charge < -0.3 is 0 Å². The van der Waals surface area contributed by atoms with Crippen LogP contribution in [0, 0.1) is 0 Å². The van der Waals surface area contributed by atoms with Crippen LogP contribution in [0.15, 0.2) is 46.0 Å². The highest BCUT2D eigenvalue weighted by molar-refractivity contribution is 7.96. The molecule has 1 aromatic rings. The predicted octanol–water partition coefficient (Wildman–Crippen LogP) is 1.01. The average molecular weight is 246 g/mol. The fraction of sp³-hybridized carbons (Fsp3) is 0.111. The summed E-state index contributed by atoms with van der Waals surface area (Å²) in [5, 5.41) is 0.733. The maximum Gasteiger partial charge on any atom is 0.200 e. The molecule has 0 atom stereocenters. The van der Waals surface area contributed by atoms with Crippen LogP contribution >= 0.6 is 0 Å². The van der Waals surface area contributed by atoms with E-state index in [1.54, 1.807) is 0 Å². The fourth-order valence-corrected chi connectivity index (χ4v) is 3.44. The molecule has 0 saturated carbocycles. The number of sulfone groups is 2. The summed E-state index contributed by atoms with van der Waals surface area (Å²) in [5.74, 6) is 0. The van der Waals surface area contributed by atoms with Crippen LogP contribution in [0.3, 0.4) is 0 Å². The van der Waals surface area contributed by atoms with Crippen LogP contribution < -0.4 is 0 Å². The molecule has 0 saturated heterocycles. The molecule has 0 N–H and O–H groups in total. The van der Waals surface area contributed by atoms with Crippen molar-refractivity contribution in [3.63, 3.8) is 0 Å². The van der Waals surface area contributed by atoms with E-state index < -0.39 is 19.7 Å². The number of benzene rings is 1. The Morgan fingerprint density at radius 2 is 1.53 bits per heavy atom. The second kappa shape index (κ2) is 3.79. The van der Waals surface area contributed by atoms with Crippen LogP contribution in [-0.2, 0) is 19.7 Å². The van der Waals surface area contributed by atoms with Crippen molar-refractivity contribution in [2.75, 3.05) is 6.26 Å². The SMILES string of the molecule is C=CS(=O)(=O)c1ccccc1S(C)(=O)=O. The van der Waals surface area contributed by atoms with E-state index in [1.165, 1.54) is 24.3 Å². The monoisotopic (exact) mass is 246 g/mol. The molecule has 0 aliphatic carbocycles. The number of hydrogen-bond donors (Lipinski definition) is 0. The van der Waals surface area contributed by atoms with E-state index in [9.17, 15) is 16.8 Å². The minimum absolute atomic E-state index is 0.204. The largest absolute Gasteiger partial charge is 0.224 e. The molecule has 0 aliphatic heterocycles. The van der Waals surface area contributed by atoms with Gasteiger partial charge in [0.25, 0.3) is 0 Å². The van der Waals surface area contributed by atoms with E-state index in [2.05, 4.69) is 6.58 Å². The molecule has 1 aromatic carbocycles. The van der Waals surface area contributed by atoms with Crippen LogP contribution in [0.1, 0.15) is 0 Å². The summed E-state index contributed by atoms with van der Waals surface area (Å²) in [4.78, 5) is -0.438. The van der Waals surface area contributed by atoms with E-state index in [1.807, 2.05) is 0 Å². The minimum atomic E-state index is -3.73. The summed E-state index contributed by atoms with van der Waals surface area (Å²) in [7, 11) is -7.28. The maximum absolute atomic E-state index is 11.5. The third-order valence-corrected chi connectivity index (χ3v) is 4.47. The van der Waals surface area contributed by atoms with Crippen molar-refractivity contribution in [2.45, 2.75) is 9.79 Å². The molecular formula is C9H10O4S2. The molecule has 0 spiro atoms. The second-order valence-electron chi connectivity index (χ2n) is 2.93. The van der Waals surface area contributed by atoms with E-state index in [-0.39, 0.29) is 9.79 Å². The number of hydrogen-bond acceptors (Lipinski definition) is 4. The van der Waals surface area contributed by atoms with Crippen LogP contribution in [0.4, 0.5) is 0 Å². The Hall–Kier alpha value is -1.14. The van der Waals surface area contributed by atoms with Gasteiger partial charge in [-0.1, -0.05) is 18.7 Å². The quantitative estimate of drug-likeness (QED) is 0.798. The topological polar surface area (TPSA) is 68.3 Å². The fourth-order valence-electron chi connectivity index (χ4n) is 1.08. The standard InChI is InChI=1S/C9H10O4S2/c1-3-15(12,13)9-7-5-4-6-8(9)14(2,10)11/h3-7H,1H2,2H3. The highest BCUT2D eigenvalue weighted by Crippen LogP contribution is 2.21. The Morgan fingerprint density at radius 1 is 1.07 bits per heavy atom. The number of rotatable bonds is 3. The molecule has 6 heteroatoms. The van der Waals surface area contributed by atoms with Gasteiger partial charge in [-0.25, -0.2) is 16.8 Å². The predicted molar refractivity (Wildman–Crippen MR) is 56.9 cm³/mol. The Morgan fingerprint density at radius 3 is 1.93 bits per heavy atom. The zero-order chi connectivity index (χ0) is 11.7. The highest BCUT2D eigenvalue weighted by Gasteiger charge is 2.20. The Labute approximate surface area is 89.1 Å². The van der Waals surface area contributed by atoms with Crippen molar-refractivity contribution in [2.24, 2.45) is 0 Å². The first kappa shape index (κ1) is 11.9. The molecule has 82 valence electrons. The molecule has 0 heterocycles. The van der Waals surface area contributed by atoms with Crippen molar-refractivity contribution < 1.29 is 16.8 Å². The third-order valence-electron chi connectivity index (χ3n) is 1.77. The molecule has 0 bridgehead atoms. The molecule has 0 fully saturated rings. The molecule has 0 aliphatic rings. The van der Waals surface area contributed by atoms with Crippen molar-refractivity contribution in [1.82, 2.24) is 0 Å². The summed E-state index contributed by atoms with van der Waals surface area (Å²) in [6.07, 6.45) is 0.963. The summed E-state index contributed by atoms with van der Waals surface area (Å²) >= 11 is 0. The van der Waals surface area contributed by atoms with Crippen molar-refractivity contribution in [3.05, 3.63) is 36.3 Å². The Bertz CT molecular complexity index is 582. The molecule has 0 radical (unpaired) electrons. The van der Waals surface area contributed by atoms with Crippen LogP contribution in [0.25, 0.3) is 0 Å². The van der Waals surface area contributed by atoms with Gasteiger partial charge in [-0.2, -0.15) is 0 Å². The van der Waals surface area contributed by atoms with Crippen molar-refractivity contribution >= 4 is 19.7 Å². The summed E-state index contributed by atoms with van der Waals surface area (Å²) in [6, 6.07) is 5.43. The van der Waals surface area contributed by atoms with E-state index in [0.717, 1.165) is 11.7 Å². The van der Waals surface area contributed by atoms with Gasteiger partial charge in [-0.05, 0) is 12.1 Å². The van der Waals surface area contributed by atoms with Crippen LogP contribution in [0.2, 0.25) is 0 Å². The van der Waals surface area contributed by atoms with Gasteiger partial charge in [0, 0.05) is 11.7 Å². The lowest BCUT2D eigenvalue weighted by atomic mass is 10.4. The lowest BCUT2D eigenvalue weighted by Gasteiger charge is -2.05. The smallest absolute Gasteiger partial charge is 0.200 e. The van der Waals surface area contributed by atoms with Gasteiger partial charge in [0.2, 0.25) is 9.84 Å². The first-order chi connectivity index (χ1) is 6.79. The normalized spacial score (nSPS) is 12.3. The van der Waals surface area contributed by atoms with Crippen molar-refractivity contribution in [1.29, 1.82) is 0 Å². The lowest BCUT2D eigenvalue weighted by Crippen LogP contribution is -2.06. The van der Waals surface area contributed by atoms with Crippen LogP contribution in [0.5, 0.6) is 0 Å². The van der Waals surface area contributed by atoms with E-state index in [4.69, 9.17) is 0 Å². The van der Waals surface area contributed by atoms with E-state index in [0.29, 0.717) is 0 Å². The van der Waals surface area contributed by atoms with Gasteiger partial charge >= 0.3 is 0 Å². The van der Waals surface area contributed by atoms with E-state index >= 15 is 0 Å². The zero-order valence-corrected chi connectivity index (χ0v) is 9.68. The summed E-state index contributed by atoms with van der Waals surface area (Å²) in [5.41, 5.74) is 0. The first-order valence-corrected chi connectivity index (χ1v) is 7.39. The van der Waals surface area contributed by atoms with Gasteiger partial charge in [0.1, 0.15) is 0 Å². The van der Waals surface area contributed by atoms with Crippen LogP contribution in [-0.4, -0.2) is 23.1 Å². The molecule has 0 amide bonds. The minimum Gasteiger partial charge on any atom is -0.224 e.